The molecule has 12 nitrogen and oxygen atoms in total. The van der Waals surface area contributed by atoms with Gasteiger partial charge in [-0.1, -0.05) is 53.1 Å². The minimum atomic E-state index is -4.56. The molecule has 2 fully saturated rings. The molecule has 5 rings (SSSR count). The number of rotatable bonds is 11. The fourth-order valence-electron chi connectivity index (χ4n) is 4.85. The molecule has 0 amide bonds. The van der Waals surface area contributed by atoms with Gasteiger partial charge in [0.2, 0.25) is 0 Å². The van der Waals surface area contributed by atoms with Crippen molar-refractivity contribution in [2.24, 2.45) is 0 Å². The minimum absolute atomic E-state index is 0.170. The quantitative estimate of drug-likeness (QED) is 0.270. The fraction of sp³-hybridized carbons (Fsp3) is 0.400. The van der Waals surface area contributed by atoms with Crippen LogP contribution in [0.4, 0.5) is 0 Å². The van der Waals surface area contributed by atoms with E-state index in [-0.39, 0.29) is 14.7 Å². The third-order valence-corrected chi connectivity index (χ3v) is 11.2. The zero-order chi connectivity index (χ0) is 32.8. The predicted octanol–water partition coefficient (Wildman–Crippen LogP) is 3.74. The van der Waals surface area contributed by atoms with Crippen LogP contribution in [-0.2, 0) is 57.1 Å². The summed E-state index contributed by atoms with van der Waals surface area (Å²) >= 11 is 0. The largest absolute Gasteiger partial charge is 0.341 e. The van der Waals surface area contributed by atoms with Crippen LogP contribution >= 0.6 is 0 Å². The van der Waals surface area contributed by atoms with Crippen LogP contribution in [0.1, 0.15) is 30.5 Å². The molecule has 5 atom stereocenters. The zero-order valence-corrected chi connectivity index (χ0v) is 27.6. The number of hydrogen-bond acceptors (Lipinski definition) is 12. The predicted molar refractivity (Wildman–Crippen MR) is 159 cm³/mol. The monoisotopic (exact) mass is 682 g/mol. The number of aryl methyl sites for hydroxylation is 3. The SMILES string of the molecule is Cc1ccc(S(=O)(=O)OC[C@H](OS(=O)(=O)c2ccc(C)cc2)[C@H]2O[C@H]3OC(C)(C)O[C@@H]3[C@H]2OS(=O)(=O)c2ccc(C)cc2)cc1. The van der Waals surface area contributed by atoms with Gasteiger partial charge in [-0.25, -0.2) is 0 Å². The number of hydrogen-bond donors (Lipinski definition) is 0. The van der Waals surface area contributed by atoms with E-state index >= 15 is 0 Å². The summed E-state index contributed by atoms with van der Waals surface area (Å²) in [5, 5.41) is 0. The van der Waals surface area contributed by atoms with Crippen molar-refractivity contribution in [3.05, 3.63) is 89.5 Å². The topological polar surface area (TPSA) is 158 Å². The number of benzene rings is 3. The molecule has 0 bridgehead atoms. The van der Waals surface area contributed by atoms with Crippen molar-refractivity contribution in [3.63, 3.8) is 0 Å². The van der Waals surface area contributed by atoms with Crippen molar-refractivity contribution in [3.8, 4) is 0 Å². The molecule has 0 unspecified atom stereocenters. The van der Waals surface area contributed by atoms with Gasteiger partial charge in [0, 0.05) is 0 Å². The van der Waals surface area contributed by atoms with E-state index in [1.807, 2.05) is 0 Å². The van der Waals surface area contributed by atoms with Crippen LogP contribution in [0.15, 0.2) is 87.5 Å². The van der Waals surface area contributed by atoms with Crippen LogP contribution in [0.3, 0.4) is 0 Å². The van der Waals surface area contributed by atoms with Gasteiger partial charge in [0.1, 0.15) is 24.4 Å². The third-order valence-electron chi connectivity index (χ3n) is 7.20. The van der Waals surface area contributed by atoms with Crippen molar-refractivity contribution in [2.75, 3.05) is 6.61 Å². The Morgan fingerprint density at radius 1 is 0.667 bits per heavy atom. The first-order chi connectivity index (χ1) is 21.0. The van der Waals surface area contributed by atoms with E-state index in [0.29, 0.717) is 0 Å². The van der Waals surface area contributed by atoms with Gasteiger partial charge in [0.05, 0.1) is 21.3 Å². The lowest BCUT2D eigenvalue weighted by molar-refractivity contribution is -0.223. The van der Waals surface area contributed by atoms with Crippen molar-refractivity contribution in [1.82, 2.24) is 0 Å². The molecule has 0 aromatic heterocycles. The van der Waals surface area contributed by atoms with E-state index in [0.717, 1.165) is 16.7 Å². The lowest BCUT2D eigenvalue weighted by Crippen LogP contribution is -2.47. The minimum Gasteiger partial charge on any atom is -0.341 e. The summed E-state index contributed by atoms with van der Waals surface area (Å²) < 4.78 is 114. The molecular weight excluding hydrogens is 649 g/mol. The normalized spacial score (nSPS) is 23.9. The Morgan fingerprint density at radius 2 is 1.11 bits per heavy atom. The Bertz CT molecular complexity index is 1840. The van der Waals surface area contributed by atoms with Crippen LogP contribution in [0.25, 0.3) is 0 Å². The molecule has 15 heteroatoms. The highest BCUT2D eigenvalue weighted by molar-refractivity contribution is 7.87. The first-order valence-electron chi connectivity index (χ1n) is 13.9. The van der Waals surface area contributed by atoms with E-state index in [2.05, 4.69) is 0 Å². The van der Waals surface area contributed by atoms with Crippen molar-refractivity contribution in [1.29, 1.82) is 0 Å². The Hall–Kier alpha value is -2.73. The number of fused-ring (bicyclic) bond motifs is 1. The van der Waals surface area contributed by atoms with E-state index in [9.17, 15) is 25.3 Å². The maximum Gasteiger partial charge on any atom is 0.297 e. The summed E-state index contributed by atoms with van der Waals surface area (Å²) in [5.41, 5.74) is 2.41. The van der Waals surface area contributed by atoms with Gasteiger partial charge in [-0.15, -0.1) is 0 Å². The smallest absolute Gasteiger partial charge is 0.297 e. The van der Waals surface area contributed by atoms with Crippen molar-refractivity contribution >= 4 is 30.4 Å². The molecule has 0 spiro atoms. The molecule has 3 aromatic rings. The molecule has 3 aromatic carbocycles. The van der Waals surface area contributed by atoms with E-state index in [1.54, 1.807) is 71.0 Å². The first kappa shape index (κ1) is 33.6. The van der Waals surface area contributed by atoms with Crippen molar-refractivity contribution < 1.29 is 52.0 Å². The summed E-state index contributed by atoms with van der Waals surface area (Å²) in [4.78, 5) is -0.576. The summed E-state index contributed by atoms with van der Waals surface area (Å²) in [6.07, 6.45) is -7.19. The molecule has 2 heterocycles. The van der Waals surface area contributed by atoms with Crippen molar-refractivity contribution in [2.45, 2.75) is 85.8 Å². The molecule has 0 N–H and O–H groups in total. The van der Waals surface area contributed by atoms with Gasteiger partial charge >= 0.3 is 0 Å². The van der Waals surface area contributed by atoms with Gasteiger partial charge in [0.25, 0.3) is 30.4 Å². The second kappa shape index (κ2) is 12.5. The Balaban J connectivity index is 1.51. The summed E-state index contributed by atoms with van der Waals surface area (Å²) in [6, 6.07) is 17.5. The van der Waals surface area contributed by atoms with Gasteiger partial charge in [-0.05, 0) is 71.0 Å². The summed E-state index contributed by atoms with van der Waals surface area (Å²) in [6.45, 7) is 7.62. The number of ether oxygens (including phenoxy) is 3. The lowest BCUT2D eigenvalue weighted by Gasteiger charge is -2.30. The molecule has 0 radical (unpaired) electrons. The fourth-order valence-corrected chi connectivity index (χ4v) is 7.93. The van der Waals surface area contributed by atoms with E-state index in [1.165, 1.54) is 36.4 Å². The summed E-state index contributed by atoms with van der Waals surface area (Å²) in [7, 11) is -13.5. The average Bonchev–Trinajstić information content (AvgIpc) is 3.43. The van der Waals surface area contributed by atoms with Crippen LogP contribution in [-0.4, -0.2) is 68.4 Å². The third kappa shape index (κ3) is 7.64. The van der Waals surface area contributed by atoms with Crippen LogP contribution in [0.5, 0.6) is 0 Å². The maximum absolute atomic E-state index is 13.4. The second-order valence-corrected chi connectivity index (χ2v) is 16.1. The Kier molecular flexibility index (Phi) is 9.32. The molecular formula is C30H34O12S3. The van der Waals surface area contributed by atoms with Gasteiger partial charge in [0.15, 0.2) is 12.1 Å². The molecule has 0 aliphatic carbocycles. The van der Waals surface area contributed by atoms with E-state index < -0.39 is 73.5 Å². The maximum atomic E-state index is 13.4. The first-order valence-corrected chi connectivity index (χ1v) is 18.2. The highest BCUT2D eigenvalue weighted by Gasteiger charge is 2.59. The molecule has 2 aliphatic rings. The Morgan fingerprint density at radius 3 is 1.60 bits per heavy atom. The zero-order valence-electron chi connectivity index (χ0n) is 25.1. The van der Waals surface area contributed by atoms with Crippen LogP contribution in [0, 0.1) is 20.8 Å². The average molecular weight is 683 g/mol. The standard InChI is InChI=1S/C30H34O12S3/c1-19-6-12-22(13-7-19)43(31,32)37-18-25(41-44(33,34)23-14-8-20(2)9-15-23)26-27(28-29(38-26)40-30(4,5)39-28)42-45(35,36)24-16-10-21(3)11-17-24/h6-17,25-29H,18H2,1-5H3/t25-,26+,27-,28+,29-/m0/s1. The van der Waals surface area contributed by atoms with Gasteiger partial charge < -0.3 is 14.2 Å². The van der Waals surface area contributed by atoms with Gasteiger partial charge in [-0.3, -0.25) is 12.5 Å². The molecule has 244 valence electrons. The summed E-state index contributed by atoms with van der Waals surface area (Å²) in [5.74, 6) is -1.20. The molecule has 45 heavy (non-hydrogen) atoms. The molecule has 2 saturated heterocycles. The van der Waals surface area contributed by atoms with Gasteiger partial charge in [-0.2, -0.15) is 25.3 Å². The molecule has 0 saturated carbocycles. The molecule has 2 aliphatic heterocycles. The van der Waals surface area contributed by atoms with Crippen LogP contribution < -0.4 is 0 Å². The Labute approximate surface area is 263 Å². The van der Waals surface area contributed by atoms with E-state index in [4.69, 9.17) is 26.8 Å². The highest BCUT2D eigenvalue weighted by Crippen LogP contribution is 2.42. The highest BCUT2D eigenvalue weighted by atomic mass is 32.2. The lowest BCUT2D eigenvalue weighted by atomic mass is 10.1. The second-order valence-electron chi connectivity index (χ2n) is 11.4. The van der Waals surface area contributed by atoms with Crippen LogP contribution in [0.2, 0.25) is 0 Å².